The average molecular weight is 350 g/mol. The quantitative estimate of drug-likeness (QED) is 0.890. The number of alkyl halides is 3. The first-order chi connectivity index (χ1) is 10.6. The Morgan fingerprint density at radius 3 is 2.61 bits per heavy atom. The van der Waals surface area contributed by atoms with Crippen LogP contribution in [0.25, 0.3) is 10.9 Å². The Morgan fingerprint density at radius 2 is 2.00 bits per heavy atom. The molecule has 2 rings (SSSR count). The van der Waals surface area contributed by atoms with Gasteiger partial charge in [0.15, 0.2) is 5.75 Å². The number of nitrogens with one attached hydrogen (secondary N) is 1. The van der Waals surface area contributed by atoms with Gasteiger partial charge in [-0.05, 0) is 24.3 Å². The highest BCUT2D eigenvalue weighted by molar-refractivity contribution is 7.90. The fourth-order valence-corrected chi connectivity index (χ4v) is 2.97. The summed E-state index contributed by atoms with van der Waals surface area (Å²) in [6.45, 7) is -0.424. The number of rotatable bonds is 5. The summed E-state index contributed by atoms with van der Waals surface area (Å²) in [7, 11) is -3.27. The molecule has 0 aliphatic heterocycles. The van der Waals surface area contributed by atoms with E-state index in [4.69, 9.17) is 4.74 Å². The third kappa shape index (κ3) is 4.62. The number of carbonyl (C=O) groups is 1. The number of sulfonamides is 1. The van der Waals surface area contributed by atoms with Gasteiger partial charge in [-0.15, -0.1) is 0 Å². The van der Waals surface area contributed by atoms with E-state index in [0.29, 0.717) is 11.3 Å². The normalized spacial score (nSPS) is 12.3. The van der Waals surface area contributed by atoms with Crippen molar-refractivity contribution in [3.63, 3.8) is 0 Å². The Morgan fingerprint density at radius 1 is 1.30 bits per heavy atom. The molecule has 0 aliphatic rings. The summed E-state index contributed by atoms with van der Waals surface area (Å²) in [5, 5.41) is 0.746. The third-order valence-corrected chi connectivity index (χ3v) is 4.16. The van der Waals surface area contributed by atoms with Gasteiger partial charge in [-0.3, -0.25) is 9.52 Å². The van der Waals surface area contributed by atoms with Crippen LogP contribution in [-0.4, -0.2) is 37.9 Å². The molecule has 0 bridgehead atoms. The number of hydrogen-bond donors (Lipinski definition) is 1. The van der Waals surface area contributed by atoms with Crippen molar-refractivity contribution >= 4 is 26.8 Å². The summed E-state index contributed by atoms with van der Waals surface area (Å²) in [6.07, 6.45) is -3.39. The molecule has 0 unspecified atom stereocenters. The van der Waals surface area contributed by atoms with E-state index in [1.54, 1.807) is 24.3 Å². The Balaban J connectivity index is 2.12. The molecule has 0 spiro atoms. The zero-order chi connectivity index (χ0) is 17.3. The minimum atomic E-state index is -4.91. The van der Waals surface area contributed by atoms with Gasteiger partial charge in [-0.25, -0.2) is 8.42 Å². The van der Waals surface area contributed by atoms with Gasteiger partial charge in [0.25, 0.3) is 5.91 Å². The molecule has 23 heavy (non-hydrogen) atoms. The van der Waals surface area contributed by atoms with Crippen molar-refractivity contribution in [2.75, 3.05) is 12.9 Å². The van der Waals surface area contributed by atoms with Gasteiger partial charge in [0.1, 0.15) is 12.3 Å². The molecule has 2 aromatic rings. The van der Waals surface area contributed by atoms with Crippen LogP contribution in [0.4, 0.5) is 13.2 Å². The van der Waals surface area contributed by atoms with Crippen molar-refractivity contribution in [2.45, 2.75) is 12.7 Å². The maximum Gasteiger partial charge on any atom is 0.404 e. The van der Waals surface area contributed by atoms with Crippen molar-refractivity contribution in [3.05, 3.63) is 30.5 Å². The molecule has 1 amide bonds. The number of halogens is 3. The van der Waals surface area contributed by atoms with E-state index in [2.05, 4.69) is 0 Å². The lowest BCUT2D eigenvalue weighted by Crippen LogP contribution is -2.38. The minimum Gasteiger partial charge on any atom is -0.497 e. The molecule has 0 radical (unpaired) electrons. The lowest BCUT2D eigenvalue weighted by atomic mass is 10.2. The maximum atomic E-state index is 12.1. The van der Waals surface area contributed by atoms with Crippen LogP contribution >= 0.6 is 0 Å². The Hall–Kier alpha value is -2.23. The number of hydrogen-bond acceptors (Lipinski definition) is 4. The van der Waals surface area contributed by atoms with Gasteiger partial charge in [-0.1, -0.05) is 0 Å². The number of aromatic nitrogens is 1. The molecular formula is C13H13F3N2O4S. The largest absolute Gasteiger partial charge is 0.497 e. The standard InChI is InChI=1S/C13H13F3N2O4S/c1-22-10-2-3-11-9(6-10)4-5-18(11)7-12(19)17-23(20,21)8-13(14,15)16/h2-6H,7-8H2,1H3,(H,17,19). The van der Waals surface area contributed by atoms with Crippen LogP contribution in [0.5, 0.6) is 5.75 Å². The van der Waals surface area contributed by atoms with E-state index in [0.717, 1.165) is 5.39 Å². The molecule has 1 heterocycles. The van der Waals surface area contributed by atoms with Crippen molar-refractivity contribution in [2.24, 2.45) is 0 Å². The SMILES string of the molecule is COc1ccc2c(ccn2CC(=O)NS(=O)(=O)CC(F)(F)F)c1. The fraction of sp³-hybridized carbons (Fsp3) is 0.308. The van der Waals surface area contributed by atoms with E-state index < -0.39 is 34.4 Å². The number of methoxy groups -OCH3 is 1. The number of amides is 1. The zero-order valence-corrected chi connectivity index (χ0v) is 12.7. The molecule has 0 saturated heterocycles. The second-order valence-corrected chi connectivity index (χ2v) is 6.49. The van der Waals surface area contributed by atoms with Crippen LogP contribution in [0.15, 0.2) is 30.5 Å². The molecule has 126 valence electrons. The molecule has 6 nitrogen and oxygen atoms in total. The van der Waals surface area contributed by atoms with Gasteiger partial charge in [0.05, 0.1) is 7.11 Å². The first-order valence-corrected chi connectivity index (χ1v) is 7.98. The lowest BCUT2D eigenvalue weighted by molar-refractivity contribution is -0.120. The second-order valence-electron chi connectivity index (χ2n) is 4.77. The van der Waals surface area contributed by atoms with Gasteiger partial charge >= 0.3 is 6.18 Å². The summed E-state index contributed by atoms with van der Waals surface area (Å²) >= 11 is 0. The highest BCUT2D eigenvalue weighted by atomic mass is 32.2. The number of carbonyl (C=O) groups excluding carboxylic acids is 1. The smallest absolute Gasteiger partial charge is 0.404 e. The van der Waals surface area contributed by atoms with Crippen molar-refractivity contribution in [3.8, 4) is 5.75 Å². The van der Waals surface area contributed by atoms with Gasteiger partial charge in [0.2, 0.25) is 10.0 Å². The predicted octanol–water partition coefficient (Wildman–Crippen LogP) is 1.66. The third-order valence-electron chi connectivity index (χ3n) is 2.92. The summed E-state index contributed by atoms with van der Waals surface area (Å²) in [4.78, 5) is 11.7. The molecule has 0 fully saturated rings. The van der Waals surface area contributed by atoms with Crippen LogP contribution in [0.3, 0.4) is 0 Å². The van der Waals surface area contributed by atoms with Crippen LogP contribution in [0.2, 0.25) is 0 Å². The van der Waals surface area contributed by atoms with Gasteiger partial charge in [-0.2, -0.15) is 13.2 Å². The van der Waals surface area contributed by atoms with E-state index in [9.17, 15) is 26.4 Å². The highest BCUT2D eigenvalue weighted by Crippen LogP contribution is 2.22. The Kier molecular flexibility index (Phi) is 4.55. The van der Waals surface area contributed by atoms with E-state index in [1.165, 1.54) is 22.6 Å². The first-order valence-electron chi connectivity index (χ1n) is 6.32. The average Bonchev–Trinajstić information content (AvgIpc) is 2.77. The number of fused-ring (bicyclic) bond motifs is 1. The van der Waals surface area contributed by atoms with E-state index in [-0.39, 0.29) is 0 Å². The highest BCUT2D eigenvalue weighted by Gasteiger charge is 2.35. The predicted molar refractivity (Wildman–Crippen MR) is 76.5 cm³/mol. The molecule has 1 aromatic heterocycles. The monoisotopic (exact) mass is 350 g/mol. The molecule has 10 heteroatoms. The Labute approximate surface area is 129 Å². The van der Waals surface area contributed by atoms with Crippen LogP contribution < -0.4 is 9.46 Å². The molecule has 1 N–H and O–H groups in total. The number of benzene rings is 1. The van der Waals surface area contributed by atoms with E-state index in [1.807, 2.05) is 0 Å². The maximum absolute atomic E-state index is 12.1. The second kappa shape index (κ2) is 6.11. The van der Waals surface area contributed by atoms with Gasteiger partial charge < -0.3 is 9.30 Å². The van der Waals surface area contributed by atoms with Crippen LogP contribution in [-0.2, 0) is 21.4 Å². The minimum absolute atomic E-state index is 0.424. The lowest BCUT2D eigenvalue weighted by Gasteiger charge is -2.10. The summed E-state index contributed by atoms with van der Waals surface area (Å²) in [5.74, 6) is -2.55. The molecule has 0 aliphatic carbocycles. The Bertz CT molecular complexity index is 827. The molecule has 1 aromatic carbocycles. The summed E-state index contributed by atoms with van der Waals surface area (Å²) < 4.78 is 66.7. The van der Waals surface area contributed by atoms with Crippen molar-refractivity contribution in [1.82, 2.24) is 9.29 Å². The van der Waals surface area contributed by atoms with Gasteiger partial charge in [0, 0.05) is 17.1 Å². The zero-order valence-electron chi connectivity index (χ0n) is 11.9. The van der Waals surface area contributed by atoms with Crippen molar-refractivity contribution < 1.29 is 31.1 Å². The summed E-state index contributed by atoms with van der Waals surface area (Å²) in [6, 6.07) is 6.70. The fourth-order valence-electron chi connectivity index (χ4n) is 2.06. The van der Waals surface area contributed by atoms with Crippen LogP contribution in [0.1, 0.15) is 0 Å². The molecule has 0 saturated carbocycles. The summed E-state index contributed by atoms with van der Waals surface area (Å²) in [5.41, 5.74) is 0.620. The topological polar surface area (TPSA) is 77.4 Å². The van der Waals surface area contributed by atoms with E-state index >= 15 is 0 Å². The molecule has 0 atom stereocenters. The number of nitrogens with zero attached hydrogens (tertiary/aromatic N) is 1. The number of ether oxygens (including phenoxy) is 1. The molecular weight excluding hydrogens is 337 g/mol. The first kappa shape index (κ1) is 17.1. The van der Waals surface area contributed by atoms with Crippen molar-refractivity contribution in [1.29, 1.82) is 0 Å². The van der Waals surface area contributed by atoms with Crippen LogP contribution in [0, 0.1) is 0 Å².